The largest absolute Gasteiger partial charge is 0.390 e. The van der Waals surface area contributed by atoms with E-state index in [-0.39, 0.29) is 42.4 Å². The normalized spacial score (nSPS) is 23.4. The minimum Gasteiger partial charge on any atom is -0.390 e. The van der Waals surface area contributed by atoms with E-state index in [9.17, 15) is 19.5 Å². The SMILES string of the molecule is CNCC(=O)N[C@H](C(=O)N[C@@H](CSc1ccccc1)[C@H](O)CN1CC2CCCCC2C[C@H]1C(=O)NC(C)(C)C)C(C)(C)C. The lowest BCUT2D eigenvalue weighted by atomic mass is 9.72. The minimum absolute atomic E-state index is 0.00279. The Morgan fingerprint density at radius 2 is 1.65 bits per heavy atom. The predicted molar refractivity (Wildman–Crippen MR) is 174 cm³/mol. The summed E-state index contributed by atoms with van der Waals surface area (Å²) in [5, 5.41) is 23.7. The molecule has 0 aromatic heterocycles. The number of aliphatic hydroxyl groups is 1. The molecule has 1 aliphatic heterocycles. The first-order valence-corrected chi connectivity index (χ1v) is 16.8. The number of fused-ring (bicyclic) bond motifs is 1. The number of benzene rings is 1. The van der Waals surface area contributed by atoms with Crippen molar-refractivity contribution < 1.29 is 19.5 Å². The summed E-state index contributed by atoms with van der Waals surface area (Å²) >= 11 is 1.57. The van der Waals surface area contributed by atoms with Gasteiger partial charge in [-0.2, -0.15) is 0 Å². The number of hydrogen-bond donors (Lipinski definition) is 5. The number of rotatable bonds is 12. The van der Waals surface area contributed by atoms with Crippen molar-refractivity contribution in [2.45, 2.75) is 108 Å². The van der Waals surface area contributed by atoms with Gasteiger partial charge in [0.05, 0.1) is 24.7 Å². The first kappa shape index (κ1) is 35.3. The summed E-state index contributed by atoms with van der Waals surface area (Å²) in [5.74, 6) is 0.883. The third-order valence-electron chi connectivity index (χ3n) is 8.46. The zero-order valence-corrected chi connectivity index (χ0v) is 28.1. The van der Waals surface area contributed by atoms with Crippen LogP contribution in [0.1, 0.15) is 73.6 Å². The van der Waals surface area contributed by atoms with Gasteiger partial charge in [0.2, 0.25) is 17.7 Å². The predicted octanol–water partition coefficient (Wildman–Crippen LogP) is 3.17. The van der Waals surface area contributed by atoms with Crippen molar-refractivity contribution in [2.75, 3.05) is 32.4 Å². The maximum atomic E-state index is 13.7. The van der Waals surface area contributed by atoms with Crippen LogP contribution in [0.4, 0.5) is 0 Å². The molecule has 0 spiro atoms. The highest BCUT2D eigenvalue weighted by molar-refractivity contribution is 7.99. The molecule has 1 aliphatic carbocycles. The standard InChI is InChI=1S/C33H55N5O4S/c1-32(2,3)29(36-28(40)18-34-7)31(42)35-25(21-43-24-15-9-8-10-16-24)27(39)20-38-19-23-14-12-11-13-22(23)17-26(38)30(41)37-33(4,5)6/h8-10,15-16,22-23,25-27,29,34,39H,11-14,17-21H2,1-7H3,(H,35,42)(H,36,40)(H,37,41)/t22?,23?,25-,26-,27+,29+/m0/s1. The van der Waals surface area contributed by atoms with Crippen LogP contribution >= 0.6 is 11.8 Å². The number of piperidine rings is 1. The van der Waals surface area contributed by atoms with Gasteiger partial charge in [0.1, 0.15) is 6.04 Å². The summed E-state index contributed by atoms with van der Waals surface area (Å²) in [6.07, 6.45) is 4.59. The van der Waals surface area contributed by atoms with E-state index in [0.29, 0.717) is 17.6 Å². The molecule has 2 unspecified atom stereocenters. The number of aliphatic hydroxyl groups excluding tert-OH is 1. The number of nitrogens with zero attached hydrogens (tertiary/aromatic N) is 1. The Bertz CT molecular complexity index is 1060. The molecular formula is C33H55N5O4S. The monoisotopic (exact) mass is 617 g/mol. The molecule has 2 aliphatic rings. The second kappa shape index (κ2) is 15.7. The third kappa shape index (κ3) is 11.1. The summed E-state index contributed by atoms with van der Waals surface area (Å²) in [6.45, 7) is 12.8. The van der Waals surface area contributed by atoms with Crippen LogP contribution in [0.25, 0.3) is 0 Å². The molecular weight excluding hydrogens is 562 g/mol. The van der Waals surface area contributed by atoms with Crippen LogP contribution in [0.15, 0.2) is 35.2 Å². The molecule has 242 valence electrons. The molecule has 5 N–H and O–H groups in total. The van der Waals surface area contributed by atoms with Crippen LogP contribution in [-0.4, -0.2) is 89.9 Å². The molecule has 0 bridgehead atoms. The summed E-state index contributed by atoms with van der Waals surface area (Å²) < 4.78 is 0. The van der Waals surface area contributed by atoms with Crippen molar-refractivity contribution in [2.24, 2.45) is 17.3 Å². The molecule has 10 heteroatoms. The highest BCUT2D eigenvalue weighted by Gasteiger charge is 2.42. The van der Waals surface area contributed by atoms with Crippen molar-refractivity contribution in [1.29, 1.82) is 0 Å². The van der Waals surface area contributed by atoms with Crippen molar-refractivity contribution >= 4 is 29.5 Å². The first-order chi connectivity index (χ1) is 20.2. The van der Waals surface area contributed by atoms with Gasteiger partial charge in [-0.15, -0.1) is 11.8 Å². The average molecular weight is 618 g/mol. The molecule has 2 fully saturated rings. The Hall–Kier alpha value is -2.14. The van der Waals surface area contributed by atoms with E-state index in [4.69, 9.17) is 0 Å². The van der Waals surface area contributed by atoms with Gasteiger partial charge in [0, 0.05) is 29.3 Å². The number of β-amino-alcohol motifs (C(OH)–C–C–N with tert-alkyl or cyclic N) is 1. The smallest absolute Gasteiger partial charge is 0.243 e. The number of likely N-dealkylation sites (tertiary alicyclic amines) is 1. The van der Waals surface area contributed by atoms with Crippen LogP contribution < -0.4 is 21.3 Å². The Morgan fingerprint density at radius 3 is 2.26 bits per heavy atom. The van der Waals surface area contributed by atoms with Gasteiger partial charge < -0.3 is 26.4 Å². The number of carbonyl (C=O) groups is 3. The Balaban J connectivity index is 1.83. The minimum atomic E-state index is -0.918. The highest BCUT2D eigenvalue weighted by Crippen LogP contribution is 2.39. The van der Waals surface area contributed by atoms with Gasteiger partial charge in [-0.05, 0) is 70.0 Å². The van der Waals surface area contributed by atoms with Crippen molar-refractivity contribution in [1.82, 2.24) is 26.2 Å². The van der Waals surface area contributed by atoms with E-state index in [0.717, 1.165) is 30.7 Å². The van der Waals surface area contributed by atoms with Crippen molar-refractivity contribution in [3.8, 4) is 0 Å². The van der Waals surface area contributed by atoms with Crippen molar-refractivity contribution in [3.63, 3.8) is 0 Å². The van der Waals surface area contributed by atoms with E-state index in [1.54, 1.807) is 18.8 Å². The summed E-state index contributed by atoms with van der Waals surface area (Å²) in [4.78, 5) is 42.9. The second-order valence-corrected chi connectivity index (χ2v) is 15.5. The molecule has 43 heavy (non-hydrogen) atoms. The number of carbonyl (C=O) groups excluding carboxylic acids is 3. The fourth-order valence-corrected chi connectivity index (χ4v) is 7.29. The van der Waals surface area contributed by atoms with E-state index < -0.39 is 23.6 Å². The Labute approximate surface area is 263 Å². The van der Waals surface area contributed by atoms with E-state index in [1.807, 2.05) is 71.9 Å². The van der Waals surface area contributed by atoms with Crippen LogP contribution in [-0.2, 0) is 14.4 Å². The molecule has 1 saturated heterocycles. The number of nitrogens with one attached hydrogen (secondary N) is 4. The van der Waals surface area contributed by atoms with Crippen molar-refractivity contribution in [3.05, 3.63) is 30.3 Å². The fraction of sp³-hybridized carbons (Fsp3) is 0.727. The molecule has 0 radical (unpaired) electrons. The first-order valence-electron chi connectivity index (χ1n) is 15.8. The topological polar surface area (TPSA) is 123 Å². The highest BCUT2D eigenvalue weighted by atomic mass is 32.2. The number of thioether (sulfide) groups is 1. The average Bonchev–Trinajstić information content (AvgIpc) is 2.92. The van der Waals surface area contributed by atoms with Gasteiger partial charge >= 0.3 is 0 Å². The van der Waals surface area contributed by atoms with Gasteiger partial charge in [-0.25, -0.2) is 0 Å². The maximum absolute atomic E-state index is 13.7. The zero-order valence-electron chi connectivity index (χ0n) is 27.2. The zero-order chi connectivity index (χ0) is 31.8. The van der Waals surface area contributed by atoms with Crippen LogP contribution in [0.3, 0.4) is 0 Å². The van der Waals surface area contributed by atoms with Gasteiger partial charge in [-0.3, -0.25) is 19.3 Å². The van der Waals surface area contributed by atoms with Gasteiger partial charge in [0.25, 0.3) is 0 Å². The molecule has 1 saturated carbocycles. The van der Waals surface area contributed by atoms with E-state index in [1.165, 1.54) is 12.8 Å². The molecule has 9 nitrogen and oxygen atoms in total. The summed E-state index contributed by atoms with van der Waals surface area (Å²) in [6, 6.07) is 8.19. The lowest BCUT2D eigenvalue weighted by molar-refractivity contribution is -0.134. The van der Waals surface area contributed by atoms with Crippen LogP contribution in [0.5, 0.6) is 0 Å². The Morgan fingerprint density at radius 1 is 1.00 bits per heavy atom. The van der Waals surface area contributed by atoms with Gasteiger partial charge in [-0.1, -0.05) is 58.2 Å². The number of amides is 3. The molecule has 3 rings (SSSR count). The lowest BCUT2D eigenvalue weighted by Crippen LogP contribution is -2.62. The van der Waals surface area contributed by atoms with E-state index in [2.05, 4.69) is 26.2 Å². The fourth-order valence-electron chi connectivity index (χ4n) is 6.26. The van der Waals surface area contributed by atoms with Gasteiger partial charge in [0.15, 0.2) is 0 Å². The molecule has 1 aromatic rings. The molecule has 6 atom stereocenters. The molecule has 1 heterocycles. The Kier molecular flexibility index (Phi) is 12.9. The maximum Gasteiger partial charge on any atom is 0.243 e. The van der Waals surface area contributed by atoms with Crippen LogP contribution in [0.2, 0.25) is 0 Å². The summed E-state index contributed by atoms with van der Waals surface area (Å²) in [7, 11) is 1.68. The van der Waals surface area contributed by atoms with E-state index >= 15 is 0 Å². The lowest BCUT2D eigenvalue weighted by Gasteiger charge is -2.47. The quantitative estimate of drug-likeness (QED) is 0.229. The number of hydrogen-bond acceptors (Lipinski definition) is 7. The molecule has 1 aromatic carbocycles. The third-order valence-corrected chi connectivity index (χ3v) is 9.59. The van der Waals surface area contributed by atoms with Crippen LogP contribution in [0, 0.1) is 17.3 Å². The number of likely N-dealkylation sites (N-methyl/N-ethyl adjacent to an activating group) is 1. The second-order valence-electron chi connectivity index (χ2n) is 14.5. The summed E-state index contributed by atoms with van der Waals surface area (Å²) in [5.41, 5.74) is -0.901. The molecule has 3 amide bonds.